The van der Waals surface area contributed by atoms with Gasteiger partial charge >= 0.3 is 6.18 Å². The van der Waals surface area contributed by atoms with E-state index in [2.05, 4.69) is 10.2 Å². The summed E-state index contributed by atoms with van der Waals surface area (Å²) in [4.78, 5) is 11.2. The first kappa shape index (κ1) is 13.2. The molecule has 1 aliphatic rings. The van der Waals surface area contributed by atoms with Crippen molar-refractivity contribution >= 4 is 17.7 Å². The van der Waals surface area contributed by atoms with Gasteiger partial charge in [0, 0.05) is 6.04 Å². The lowest BCUT2D eigenvalue weighted by Crippen LogP contribution is -2.34. The highest BCUT2D eigenvalue weighted by Crippen LogP contribution is 2.37. The lowest BCUT2D eigenvalue weighted by molar-refractivity contribution is -0.136. The molecule has 1 aromatic rings. The number of hydrogen-bond donors (Lipinski definition) is 1. The number of aromatic nitrogens is 3. The molecule has 0 unspecified atom stereocenters. The first-order valence-electron chi connectivity index (χ1n) is 5.31. The average molecular weight is 280 g/mol. The van der Waals surface area contributed by atoms with Crippen LogP contribution in [0.15, 0.2) is 11.5 Å². The van der Waals surface area contributed by atoms with Crippen molar-refractivity contribution in [3.63, 3.8) is 0 Å². The Morgan fingerprint density at radius 1 is 1.56 bits per heavy atom. The second-order valence-corrected chi connectivity index (χ2v) is 4.88. The lowest BCUT2D eigenvalue weighted by Gasteiger charge is -2.08. The number of thioether (sulfide) groups is 1. The first-order valence-corrected chi connectivity index (χ1v) is 6.30. The predicted octanol–water partition coefficient (Wildman–Crippen LogP) is 1.38. The normalized spacial score (nSPS) is 15.7. The third-order valence-corrected chi connectivity index (χ3v) is 3.26. The molecule has 1 fully saturated rings. The summed E-state index contributed by atoms with van der Waals surface area (Å²) in [6.07, 6.45) is -0.709. The highest BCUT2D eigenvalue weighted by atomic mass is 32.2. The number of rotatable bonds is 5. The smallest absolute Gasteiger partial charge is 0.346 e. The van der Waals surface area contributed by atoms with Gasteiger partial charge in [0.1, 0.15) is 12.9 Å². The summed E-state index contributed by atoms with van der Waals surface area (Å²) < 4.78 is 37.4. The zero-order valence-corrected chi connectivity index (χ0v) is 10.1. The summed E-state index contributed by atoms with van der Waals surface area (Å²) in [5, 5.41) is 9.94. The summed E-state index contributed by atoms with van der Waals surface area (Å²) in [5.41, 5.74) is 0. The number of nitrogens with one attached hydrogen (secondary N) is 1. The number of nitrogens with zero attached hydrogens (tertiary/aromatic N) is 3. The quantitative estimate of drug-likeness (QED) is 0.828. The number of carbonyl (C=O) groups excluding carboxylic acids is 1. The average Bonchev–Trinajstić information content (AvgIpc) is 3.02. The Hall–Kier alpha value is -1.25. The van der Waals surface area contributed by atoms with Crippen LogP contribution in [-0.4, -0.2) is 39.1 Å². The molecule has 100 valence electrons. The Morgan fingerprint density at radius 2 is 2.28 bits per heavy atom. The van der Waals surface area contributed by atoms with Crippen LogP contribution in [0.4, 0.5) is 13.2 Å². The van der Waals surface area contributed by atoms with E-state index in [4.69, 9.17) is 0 Å². The van der Waals surface area contributed by atoms with Crippen molar-refractivity contribution in [2.75, 3.05) is 12.3 Å². The maximum absolute atomic E-state index is 11.9. The molecule has 1 aromatic heterocycles. The zero-order valence-electron chi connectivity index (χ0n) is 9.28. The molecule has 1 amide bonds. The van der Waals surface area contributed by atoms with Gasteiger partial charge in [-0.3, -0.25) is 4.79 Å². The largest absolute Gasteiger partial charge is 0.405 e. The molecule has 18 heavy (non-hydrogen) atoms. The minimum atomic E-state index is -4.38. The Morgan fingerprint density at radius 3 is 2.89 bits per heavy atom. The van der Waals surface area contributed by atoms with Gasteiger partial charge in [0.2, 0.25) is 5.91 Å². The second kappa shape index (κ2) is 5.17. The summed E-state index contributed by atoms with van der Waals surface area (Å²) in [7, 11) is 0. The van der Waals surface area contributed by atoms with E-state index >= 15 is 0 Å². The number of halogens is 3. The molecular weight excluding hydrogens is 269 g/mol. The van der Waals surface area contributed by atoms with E-state index in [1.54, 1.807) is 6.33 Å². The van der Waals surface area contributed by atoms with Crippen molar-refractivity contribution in [3.05, 3.63) is 6.33 Å². The molecule has 0 aliphatic heterocycles. The molecule has 1 heterocycles. The topological polar surface area (TPSA) is 59.8 Å². The van der Waals surface area contributed by atoms with Gasteiger partial charge in [0.15, 0.2) is 5.16 Å². The van der Waals surface area contributed by atoms with Gasteiger partial charge in [-0.25, -0.2) is 0 Å². The van der Waals surface area contributed by atoms with Gasteiger partial charge in [-0.15, -0.1) is 10.2 Å². The van der Waals surface area contributed by atoms with Crippen molar-refractivity contribution in [1.29, 1.82) is 0 Å². The second-order valence-electron chi connectivity index (χ2n) is 3.93. The first-order chi connectivity index (χ1) is 8.46. The number of amides is 1. The van der Waals surface area contributed by atoms with E-state index in [1.165, 1.54) is 0 Å². The van der Waals surface area contributed by atoms with Crippen molar-refractivity contribution in [2.24, 2.45) is 0 Å². The number of hydrogen-bond acceptors (Lipinski definition) is 4. The molecule has 9 heteroatoms. The fraction of sp³-hybridized carbons (Fsp3) is 0.667. The zero-order chi connectivity index (χ0) is 13.2. The Kier molecular flexibility index (Phi) is 3.79. The maximum Gasteiger partial charge on any atom is 0.405 e. The van der Waals surface area contributed by atoms with Crippen LogP contribution < -0.4 is 5.32 Å². The van der Waals surface area contributed by atoms with Crippen LogP contribution >= 0.6 is 11.8 Å². The fourth-order valence-corrected chi connectivity index (χ4v) is 2.13. The third-order valence-electron chi connectivity index (χ3n) is 2.30. The molecule has 0 radical (unpaired) electrons. The van der Waals surface area contributed by atoms with Crippen LogP contribution in [0.5, 0.6) is 0 Å². The van der Waals surface area contributed by atoms with Gasteiger partial charge in [0.05, 0.1) is 5.75 Å². The molecule has 0 saturated heterocycles. The lowest BCUT2D eigenvalue weighted by atomic mass is 10.6. The molecule has 0 spiro atoms. The van der Waals surface area contributed by atoms with Crippen molar-refractivity contribution in [1.82, 2.24) is 20.1 Å². The minimum absolute atomic E-state index is 0.0957. The molecule has 0 atom stereocenters. The SMILES string of the molecule is O=C(CSc1nncn1C1CC1)NCC(F)(F)F. The van der Waals surface area contributed by atoms with Gasteiger partial charge in [0.25, 0.3) is 0 Å². The standard InChI is InChI=1S/C9H11F3N4OS/c10-9(11,12)4-13-7(17)3-18-8-15-14-5-16(8)6-1-2-6/h5-6H,1-4H2,(H,13,17). The van der Waals surface area contributed by atoms with E-state index in [1.807, 2.05) is 9.88 Å². The number of carbonyl (C=O) groups is 1. The van der Waals surface area contributed by atoms with Gasteiger partial charge in [-0.2, -0.15) is 13.2 Å². The summed E-state index contributed by atoms with van der Waals surface area (Å²) >= 11 is 1.09. The summed E-state index contributed by atoms with van der Waals surface area (Å²) in [5.74, 6) is -0.760. The van der Waals surface area contributed by atoms with E-state index in [9.17, 15) is 18.0 Å². The van der Waals surface area contributed by atoms with Crippen molar-refractivity contribution in [3.8, 4) is 0 Å². The van der Waals surface area contributed by atoms with Gasteiger partial charge in [-0.05, 0) is 12.8 Å². The van der Waals surface area contributed by atoms with Crippen molar-refractivity contribution < 1.29 is 18.0 Å². The minimum Gasteiger partial charge on any atom is -0.346 e. The molecular formula is C9H11F3N4OS. The Labute approximate surface area is 105 Å². The Bertz CT molecular complexity index is 430. The number of alkyl halides is 3. The van der Waals surface area contributed by atoms with Crippen LogP contribution in [0.3, 0.4) is 0 Å². The van der Waals surface area contributed by atoms with Crippen LogP contribution in [-0.2, 0) is 4.79 Å². The van der Waals surface area contributed by atoms with Crippen molar-refractivity contribution in [2.45, 2.75) is 30.2 Å². The van der Waals surface area contributed by atoms with Crippen LogP contribution in [0.25, 0.3) is 0 Å². The molecule has 1 N–H and O–H groups in total. The van der Waals surface area contributed by atoms with E-state index in [-0.39, 0.29) is 5.75 Å². The van der Waals surface area contributed by atoms with E-state index in [0.29, 0.717) is 11.2 Å². The monoisotopic (exact) mass is 280 g/mol. The van der Waals surface area contributed by atoms with Gasteiger partial charge in [-0.1, -0.05) is 11.8 Å². The van der Waals surface area contributed by atoms with Crippen LogP contribution in [0.2, 0.25) is 0 Å². The third kappa shape index (κ3) is 3.90. The molecule has 0 aromatic carbocycles. The molecule has 0 bridgehead atoms. The summed E-state index contributed by atoms with van der Waals surface area (Å²) in [6, 6.07) is 0.376. The van der Waals surface area contributed by atoms with Crippen LogP contribution in [0.1, 0.15) is 18.9 Å². The Balaban J connectivity index is 1.77. The molecule has 2 rings (SSSR count). The highest BCUT2D eigenvalue weighted by Gasteiger charge is 2.28. The highest BCUT2D eigenvalue weighted by molar-refractivity contribution is 7.99. The molecule has 1 saturated carbocycles. The van der Waals surface area contributed by atoms with E-state index < -0.39 is 18.6 Å². The predicted molar refractivity (Wildman–Crippen MR) is 58.1 cm³/mol. The molecule has 5 nitrogen and oxygen atoms in total. The fourth-order valence-electron chi connectivity index (χ4n) is 1.32. The summed E-state index contributed by atoms with van der Waals surface area (Å²) in [6.45, 7) is -1.30. The molecule has 1 aliphatic carbocycles. The van der Waals surface area contributed by atoms with Gasteiger partial charge < -0.3 is 9.88 Å². The van der Waals surface area contributed by atoms with E-state index in [0.717, 1.165) is 24.6 Å². The maximum atomic E-state index is 11.9. The van der Waals surface area contributed by atoms with Crippen LogP contribution in [0, 0.1) is 0 Å².